The third kappa shape index (κ3) is 5.61. The summed E-state index contributed by atoms with van der Waals surface area (Å²) in [5.74, 6) is 0. The third-order valence-electron chi connectivity index (χ3n) is 2.40. The molecule has 0 aromatic heterocycles. The number of carbonyl (C=O) groups excluding carboxylic acids is 1. The van der Waals surface area contributed by atoms with Crippen LogP contribution < -0.4 is 5.32 Å². The lowest BCUT2D eigenvalue weighted by molar-refractivity contribution is 0.159. The molecule has 0 radical (unpaired) electrons. The highest BCUT2D eigenvalue weighted by Gasteiger charge is 2.06. The first kappa shape index (κ1) is 15.1. The minimum absolute atomic E-state index is 0.394. The van der Waals surface area contributed by atoms with Crippen LogP contribution in [0.25, 0.3) is 0 Å². The van der Waals surface area contributed by atoms with E-state index in [1.165, 1.54) is 0 Å². The summed E-state index contributed by atoms with van der Waals surface area (Å²) in [6.07, 6.45) is 3.79. The van der Waals surface area contributed by atoms with Crippen molar-refractivity contribution in [2.75, 3.05) is 11.9 Å². The van der Waals surface area contributed by atoms with Crippen LogP contribution in [-0.2, 0) is 4.74 Å². The first-order chi connectivity index (χ1) is 8.63. The van der Waals surface area contributed by atoms with Gasteiger partial charge < -0.3 is 4.74 Å². The summed E-state index contributed by atoms with van der Waals surface area (Å²) in [5.41, 5.74) is 0.500. The summed E-state index contributed by atoms with van der Waals surface area (Å²) in [7, 11) is 0. The average Bonchev–Trinajstić information content (AvgIpc) is 2.32. The lowest BCUT2D eigenvalue weighted by Gasteiger charge is -2.08. The van der Waals surface area contributed by atoms with Crippen molar-refractivity contribution >= 4 is 35.0 Å². The maximum absolute atomic E-state index is 11.5. The zero-order valence-electron chi connectivity index (χ0n) is 10.3. The van der Waals surface area contributed by atoms with Crippen LogP contribution in [0.5, 0.6) is 0 Å². The number of nitrogens with one attached hydrogen (secondary N) is 1. The summed E-state index contributed by atoms with van der Waals surface area (Å²) in [6, 6.07) is 4.87. The van der Waals surface area contributed by atoms with Crippen LogP contribution in [0.4, 0.5) is 10.5 Å². The highest BCUT2D eigenvalue weighted by molar-refractivity contribution is 6.36. The molecular formula is C13H17Cl2NO2. The quantitative estimate of drug-likeness (QED) is 0.738. The second kappa shape index (κ2) is 8.22. The Morgan fingerprint density at radius 3 is 2.72 bits per heavy atom. The number of amides is 1. The Balaban J connectivity index is 2.31. The van der Waals surface area contributed by atoms with Gasteiger partial charge in [0.1, 0.15) is 0 Å². The Hall–Kier alpha value is -0.930. The molecule has 1 amide bonds. The molecule has 0 saturated heterocycles. The van der Waals surface area contributed by atoms with Gasteiger partial charge in [-0.05, 0) is 24.6 Å². The van der Waals surface area contributed by atoms with Crippen LogP contribution in [0, 0.1) is 0 Å². The van der Waals surface area contributed by atoms with Crippen molar-refractivity contribution in [1.29, 1.82) is 0 Å². The Bertz CT molecular complexity index is 397. The van der Waals surface area contributed by atoms with Gasteiger partial charge in [-0.15, -0.1) is 0 Å². The molecular weight excluding hydrogens is 273 g/mol. The molecule has 5 heteroatoms. The molecule has 0 aliphatic rings. The lowest BCUT2D eigenvalue weighted by atomic mass is 10.2. The molecule has 0 bridgehead atoms. The van der Waals surface area contributed by atoms with Gasteiger partial charge in [-0.1, -0.05) is 49.4 Å². The Kier molecular flexibility index (Phi) is 6.91. The monoisotopic (exact) mass is 289 g/mol. The highest BCUT2D eigenvalue weighted by Crippen LogP contribution is 2.25. The molecule has 1 aromatic carbocycles. The van der Waals surface area contributed by atoms with Gasteiger partial charge in [0, 0.05) is 5.02 Å². The molecule has 3 nitrogen and oxygen atoms in total. The van der Waals surface area contributed by atoms with Gasteiger partial charge in [0.25, 0.3) is 0 Å². The molecule has 1 rings (SSSR count). The van der Waals surface area contributed by atoms with Gasteiger partial charge in [-0.3, -0.25) is 5.32 Å². The number of ether oxygens (including phenoxy) is 1. The molecule has 0 spiro atoms. The fourth-order valence-corrected chi connectivity index (χ4v) is 1.89. The standard InChI is InChI=1S/C13H17Cl2NO2/c1-2-3-4-5-8-18-13(17)16-12-7-6-10(14)9-11(12)15/h6-7,9H,2-5,8H2,1H3,(H,16,17). The van der Waals surface area contributed by atoms with Gasteiger partial charge in [0.2, 0.25) is 0 Å². The van der Waals surface area contributed by atoms with Crippen LogP contribution in [0.3, 0.4) is 0 Å². The average molecular weight is 290 g/mol. The minimum atomic E-state index is -0.490. The van der Waals surface area contributed by atoms with Gasteiger partial charge >= 0.3 is 6.09 Å². The first-order valence-electron chi connectivity index (χ1n) is 6.02. The predicted molar refractivity (Wildman–Crippen MR) is 75.6 cm³/mol. The number of carbonyl (C=O) groups is 1. The predicted octanol–water partition coefficient (Wildman–Crippen LogP) is 5.12. The van der Waals surface area contributed by atoms with Gasteiger partial charge in [-0.2, -0.15) is 0 Å². The number of anilines is 1. The van der Waals surface area contributed by atoms with Crippen LogP contribution >= 0.6 is 23.2 Å². The van der Waals surface area contributed by atoms with Crippen molar-refractivity contribution in [3.8, 4) is 0 Å². The van der Waals surface area contributed by atoms with Gasteiger partial charge in [0.15, 0.2) is 0 Å². The Morgan fingerprint density at radius 1 is 1.28 bits per heavy atom. The van der Waals surface area contributed by atoms with E-state index in [-0.39, 0.29) is 0 Å². The molecule has 0 fully saturated rings. The SMILES string of the molecule is CCCCCCOC(=O)Nc1ccc(Cl)cc1Cl. The van der Waals surface area contributed by atoms with Crippen LogP contribution in [0.15, 0.2) is 18.2 Å². The van der Waals surface area contributed by atoms with Crippen LogP contribution in [0.1, 0.15) is 32.6 Å². The van der Waals surface area contributed by atoms with E-state index in [4.69, 9.17) is 27.9 Å². The van der Waals surface area contributed by atoms with Gasteiger partial charge in [-0.25, -0.2) is 4.79 Å². The smallest absolute Gasteiger partial charge is 0.411 e. The zero-order chi connectivity index (χ0) is 13.4. The van der Waals surface area contributed by atoms with E-state index in [1.807, 2.05) is 0 Å². The number of halogens is 2. The summed E-state index contributed by atoms with van der Waals surface area (Å²) in [5, 5.41) is 3.50. The van der Waals surface area contributed by atoms with E-state index in [1.54, 1.807) is 18.2 Å². The maximum atomic E-state index is 11.5. The number of benzene rings is 1. The Morgan fingerprint density at radius 2 is 2.06 bits per heavy atom. The number of hydrogen-bond acceptors (Lipinski definition) is 2. The summed E-state index contributed by atoms with van der Waals surface area (Å²) in [6.45, 7) is 2.56. The number of hydrogen-bond donors (Lipinski definition) is 1. The first-order valence-corrected chi connectivity index (χ1v) is 6.78. The Labute approximate surface area is 117 Å². The van der Waals surface area contributed by atoms with E-state index in [0.717, 1.165) is 25.7 Å². The van der Waals surface area contributed by atoms with Gasteiger partial charge in [0.05, 0.1) is 17.3 Å². The lowest BCUT2D eigenvalue weighted by Crippen LogP contribution is -2.14. The van der Waals surface area contributed by atoms with Crippen LogP contribution in [-0.4, -0.2) is 12.7 Å². The second-order valence-corrected chi connectivity index (χ2v) is 4.79. The summed E-state index contributed by atoms with van der Waals surface area (Å²) in [4.78, 5) is 11.5. The fourth-order valence-electron chi connectivity index (χ4n) is 1.43. The fraction of sp³-hybridized carbons (Fsp3) is 0.462. The van der Waals surface area contributed by atoms with E-state index < -0.39 is 6.09 Å². The van der Waals surface area contributed by atoms with E-state index in [0.29, 0.717) is 22.3 Å². The summed E-state index contributed by atoms with van der Waals surface area (Å²) >= 11 is 11.7. The van der Waals surface area contributed by atoms with Crippen molar-refractivity contribution < 1.29 is 9.53 Å². The zero-order valence-corrected chi connectivity index (χ0v) is 11.9. The maximum Gasteiger partial charge on any atom is 0.411 e. The van der Waals surface area contributed by atoms with E-state index in [2.05, 4.69) is 12.2 Å². The normalized spacial score (nSPS) is 10.2. The molecule has 0 unspecified atom stereocenters. The minimum Gasteiger partial charge on any atom is -0.449 e. The molecule has 1 N–H and O–H groups in total. The van der Waals surface area contributed by atoms with Crippen molar-refractivity contribution in [1.82, 2.24) is 0 Å². The molecule has 100 valence electrons. The third-order valence-corrected chi connectivity index (χ3v) is 2.95. The van der Waals surface area contributed by atoms with E-state index >= 15 is 0 Å². The van der Waals surface area contributed by atoms with Crippen molar-refractivity contribution in [2.45, 2.75) is 32.6 Å². The molecule has 18 heavy (non-hydrogen) atoms. The van der Waals surface area contributed by atoms with E-state index in [9.17, 15) is 4.79 Å². The van der Waals surface area contributed by atoms with Crippen LogP contribution in [0.2, 0.25) is 10.0 Å². The molecule has 0 aliphatic carbocycles. The second-order valence-electron chi connectivity index (χ2n) is 3.95. The van der Waals surface area contributed by atoms with Crippen molar-refractivity contribution in [3.63, 3.8) is 0 Å². The number of rotatable bonds is 6. The number of unbranched alkanes of at least 4 members (excludes halogenated alkanes) is 3. The summed E-state index contributed by atoms with van der Waals surface area (Å²) < 4.78 is 5.04. The largest absolute Gasteiger partial charge is 0.449 e. The molecule has 0 saturated carbocycles. The van der Waals surface area contributed by atoms with Crippen molar-refractivity contribution in [2.24, 2.45) is 0 Å². The topological polar surface area (TPSA) is 38.3 Å². The molecule has 0 heterocycles. The van der Waals surface area contributed by atoms with Crippen molar-refractivity contribution in [3.05, 3.63) is 28.2 Å². The highest BCUT2D eigenvalue weighted by atomic mass is 35.5. The molecule has 0 atom stereocenters. The molecule has 1 aromatic rings. The molecule has 0 aliphatic heterocycles.